The first-order chi connectivity index (χ1) is 8.04. The molecule has 0 fully saturated rings. The van der Waals surface area contributed by atoms with Gasteiger partial charge < -0.3 is 10.4 Å². The fourth-order valence-electron chi connectivity index (χ4n) is 2.19. The van der Waals surface area contributed by atoms with Crippen LogP contribution < -0.4 is 5.32 Å². The third kappa shape index (κ3) is 9.16. The van der Waals surface area contributed by atoms with Gasteiger partial charge in [0.05, 0.1) is 0 Å². The summed E-state index contributed by atoms with van der Waals surface area (Å²) in [6, 6.07) is 0. The SMILES string of the molecule is CCCCCCCCC(O)(CCC)NC(C)=O. The summed E-state index contributed by atoms with van der Waals surface area (Å²) in [7, 11) is 0. The number of hydrogen-bond donors (Lipinski definition) is 2. The molecule has 0 aliphatic heterocycles. The van der Waals surface area contributed by atoms with Crippen LogP contribution in [0, 0.1) is 0 Å². The van der Waals surface area contributed by atoms with Crippen molar-refractivity contribution in [3.63, 3.8) is 0 Å². The molecule has 1 atom stereocenters. The van der Waals surface area contributed by atoms with Gasteiger partial charge in [-0.25, -0.2) is 0 Å². The van der Waals surface area contributed by atoms with E-state index in [9.17, 15) is 9.90 Å². The number of hydrogen-bond acceptors (Lipinski definition) is 2. The summed E-state index contributed by atoms with van der Waals surface area (Å²) in [5.74, 6) is -0.146. The van der Waals surface area contributed by atoms with Crippen LogP contribution in [0.3, 0.4) is 0 Å². The Balaban J connectivity index is 3.80. The van der Waals surface area contributed by atoms with E-state index in [1.54, 1.807) is 0 Å². The van der Waals surface area contributed by atoms with Crippen LogP contribution in [0.1, 0.15) is 78.6 Å². The first-order valence-electron chi connectivity index (χ1n) is 7.05. The summed E-state index contributed by atoms with van der Waals surface area (Å²) in [5, 5.41) is 12.9. The van der Waals surface area contributed by atoms with E-state index in [0.717, 1.165) is 19.3 Å². The molecular weight excluding hydrogens is 214 g/mol. The van der Waals surface area contributed by atoms with Gasteiger partial charge >= 0.3 is 0 Å². The van der Waals surface area contributed by atoms with Crippen molar-refractivity contribution >= 4 is 5.91 Å². The summed E-state index contributed by atoms with van der Waals surface area (Å²) in [4.78, 5) is 11.0. The number of amides is 1. The molecule has 0 aromatic heterocycles. The highest BCUT2D eigenvalue weighted by Gasteiger charge is 2.25. The minimum absolute atomic E-state index is 0.146. The molecule has 3 heteroatoms. The fourth-order valence-corrected chi connectivity index (χ4v) is 2.19. The maximum atomic E-state index is 11.0. The highest BCUT2D eigenvalue weighted by atomic mass is 16.3. The Morgan fingerprint density at radius 3 is 2.12 bits per heavy atom. The van der Waals surface area contributed by atoms with Crippen LogP contribution in [0.5, 0.6) is 0 Å². The lowest BCUT2D eigenvalue weighted by Gasteiger charge is -2.28. The van der Waals surface area contributed by atoms with E-state index in [2.05, 4.69) is 12.2 Å². The van der Waals surface area contributed by atoms with Crippen LogP contribution in [-0.4, -0.2) is 16.7 Å². The monoisotopic (exact) mass is 243 g/mol. The topological polar surface area (TPSA) is 49.3 Å². The first-order valence-corrected chi connectivity index (χ1v) is 7.05. The number of nitrogens with one attached hydrogen (secondary N) is 1. The van der Waals surface area contributed by atoms with Crippen molar-refractivity contribution in [3.05, 3.63) is 0 Å². The third-order valence-electron chi connectivity index (χ3n) is 3.02. The standard InChI is InChI=1S/C14H29NO2/c1-4-6-7-8-9-10-12-14(17,11-5-2)15-13(3)16/h17H,4-12H2,1-3H3,(H,15,16). The minimum Gasteiger partial charge on any atom is -0.371 e. The molecule has 0 bridgehead atoms. The average molecular weight is 243 g/mol. The Bertz CT molecular complexity index is 206. The van der Waals surface area contributed by atoms with Gasteiger partial charge in [-0.2, -0.15) is 0 Å². The van der Waals surface area contributed by atoms with Gasteiger partial charge in [-0.1, -0.05) is 52.4 Å². The average Bonchev–Trinajstić information content (AvgIpc) is 2.22. The summed E-state index contributed by atoms with van der Waals surface area (Å²) < 4.78 is 0. The van der Waals surface area contributed by atoms with Crippen molar-refractivity contribution in [3.8, 4) is 0 Å². The van der Waals surface area contributed by atoms with Crippen LogP contribution in [0.25, 0.3) is 0 Å². The van der Waals surface area contributed by atoms with Crippen LogP contribution in [0.2, 0.25) is 0 Å². The van der Waals surface area contributed by atoms with E-state index in [1.165, 1.54) is 32.6 Å². The maximum Gasteiger partial charge on any atom is 0.219 e. The molecule has 17 heavy (non-hydrogen) atoms. The zero-order valence-corrected chi connectivity index (χ0v) is 11.7. The van der Waals surface area contributed by atoms with Gasteiger partial charge in [-0.05, 0) is 19.3 Å². The quantitative estimate of drug-likeness (QED) is 0.456. The number of unbranched alkanes of at least 4 members (excludes halogenated alkanes) is 5. The van der Waals surface area contributed by atoms with Gasteiger partial charge in [0.2, 0.25) is 5.91 Å². The van der Waals surface area contributed by atoms with E-state index < -0.39 is 5.72 Å². The molecule has 0 spiro atoms. The van der Waals surface area contributed by atoms with E-state index in [0.29, 0.717) is 12.8 Å². The van der Waals surface area contributed by atoms with Gasteiger partial charge in [0.1, 0.15) is 5.72 Å². The summed E-state index contributed by atoms with van der Waals surface area (Å²) in [6.07, 6.45) is 9.39. The molecule has 0 aliphatic carbocycles. The molecule has 0 rings (SSSR count). The van der Waals surface area contributed by atoms with E-state index in [-0.39, 0.29) is 5.91 Å². The molecular formula is C14H29NO2. The number of aliphatic hydroxyl groups is 1. The molecule has 0 aliphatic rings. The molecule has 102 valence electrons. The summed E-state index contributed by atoms with van der Waals surface area (Å²) >= 11 is 0. The number of carbonyl (C=O) groups is 1. The zero-order valence-electron chi connectivity index (χ0n) is 11.7. The second-order valence-corrected chi connectivity index (χ2v) is 4.98. The maximum absolute atomic E-state index is 11.0. The second-order valence-electron chi connectivity index (χ2n) is 4.98. The Morgan fingerprint density at radius 2 is 1.59 bits per heavy atom. The van der Waals surface area contributed by atoms with Gasteiger partial charge in [0.25, 0.3) is 0 Å². The van der Waals surface area contributed by atoms with Crippen molar-refractivity contribution in [2.24, 2.45) is 0 Å². The minimum atomic E-state index is -0.981. The largest absolute Gasteiger partial charge is 0.371 e. The summed E-state index contributed by atoms with van der Waals surface area (Å²) in [6.45, 7) is 5.69. The van der Waals surface area contributed by atoms with Crippen molar-refractivity contribution in [2.75, 3.05) is 0 Å². The zero-order chi connectivity index (χ0) is 13.1. The van der Waals surface area contributed by atoms with E-state index in [4.69, 9.17) is 0 Å². The molecule has 2 N–H and O–H groups in total. The molecule has 3 nitrogen and oxygen atoms in total. The lowest BCUT2D eigenvalue weighted by molar-refractivity contribution is -0.127. The lowest BCUT2D eigenvalue weighted by Crippen LogP contribution is -2.47. The van der Waals surface area contributed by atoms with Gasteiger partial charge in [-0.15, -0.1) is 0 Å². The molecule has 0 heterocycles. The second kappa shape index (κ2) is 9.46. The highest BCUT2D eigenvalue weighted by Crippen LogP contribution is 2.19. The van der Waals surface area contributed by atoms with Gasteiger partial charge in [0, 0.05) is 6.92 Å². The van der Waals surface area contributed by atoms with Crippen LogP contribution >= 0.6 is 0 Å². The first kappa shape index (κ1) is 16.4. The van der Waals surface area contributed by atoms with E-state index in [1.807, 2.05) is 6.92 Å². The highest BCUT2D eigenvalue weighted by molar-refractivity contribution is 5.73. The summed E-state index contributed by atoms with van der Waals surface area (Å²) in [5.41, 5.74) is -0.981. The Kier molecular flexibility index (Phi) is 9.14. The Morgan fingerprint density at radius 1 is 1.00 bits per heavy atom. The van der Waals surface area contributed by atoms with Gasteiger partial charge in [-0.3, -0.25) is 4.79 Å². The molecule has 0 radical (unpaired) electrons. The molecule has 0 aromatic rings. The van der Waals surface area contributed by atoms with Crippen molar-refractivity contribution in [1.82, 2.24) is 5.32 Å². The Hall–Kier alpha value is -0.570. The predicted octanol–water partition coefficient (Wildman–Crippen LogP) is 3.36. The lowest BCUT2D eigenvalue weighted by atomic mass is 9.99. The predicted molar refractivity (Wildman–Crippen MR) is 71.7 cm³/mol. The van der Waals surface area contributed by atoms with Crippen molar-refractivity contribution in [1.29, 1.82) is 0 Å². The number of carbonyl (C=O) groups excluding carboxylic acids is 1. The molecule has 0 saturated heterocycles. The van der Waals surface area contributed by atoms with Crippen LogP contribution in [-0.2, 0) is 4.79 Å². The van der Waals surface area contributed by atoms with Crippen LogP contribution in [0.15, 0.2) is 0 Å². The Labute approximate surface area is 106 Å². The molecule has 0 aromatic carbocycles. The molecule has 1 unspecified atom stereocenters. The number of rotatable bonds is 10. The van der Waals surface area contributed by atoms with Crippen molar-refractivity contribution in [2.45, 2.75) is 84.3 Å². The van der Waals surface area contributed by atoms with Crippen LogP contribution in [0.4, 0.5) is 0 Å². The third-order valence-corrected chi connectivity index (χ3v) is 3.02. The smallest absolute Gasteiger partial charge is 0.219 e. The van der Waals surface area contributed by atoms with Gasteiger partial charge in [0.15, 0.2) is 0 Å². The fraction of sp³-hybridized carbons (Fsp3) is 0.929. The normalized spacial score (nSPS) is 14.4. The molecule has 0 saturated carbocycles. The molecule has 1 amide bonds. The van der Waals surface area contributed by atoms with Crippen molar-refractivity contribution < 1.29 is 9.90 Å². The van der Waals surface area contributed by atoms with E-state index >= 15 is 0 Å².